The maximum atomic E-state index is 12.8. The molecule has 0 unspecified atom stereocenters. The molecule has 0 spiro atoms. The predicted octanol–water partition coefficient (Wildman–Crippen LogP) is 0.998. The third-order valence-electron chi connectivity index (χ3n) is 1.45. The fraction of sp³-hybridized carbons (Fsp3) is 0.143. The molecule has 0 atom stereocenters. The number of hydrogen-bond donors (Lipinski definition) is 1. The summed E-state index contributed by atoms with van der Waals surface area (Å²) in [6, 6.07) is 0. The Morgan fingerprint density at radius 3 is 1.93 bits per heavy atom. The summed E-state index contributed by atoms with van der Waals surface area (Å²) in [5, 5.41) is 1.84. The van der Waals surface area contributed by atoms with Crippen molar-refractivity contribution in [2.45, 2.75) is 0 Å². The minimum Gasteiger partial charge on any atom is -0.355 e. The highest BCUT2D eigenvalue weighted by Crippen LogP contribution is 2.16. The van der Waals surface area contributed by atoms with Crippen LogP contribution in [-0.4, -0.2) is 17.9 Å². The highest BCUT2D eigenvalue weighted by Gasteiger charge is 2.25. The van der Waals surface area contributed by atoms with Gasteiger partial charge in [0.1, 0.15) is 5.56 Å². The van der Waals surface area contributed by atoms with Crippen LogP contribution in [0.5, 0.6) is 0 Å². The van der Waals surface area contributed by atoms with Gasteiger partial charge in [0.25, 0.3) is 17.8 Å². The number of carbonyl (C=O) groups excluding carboxylic acids is 1. The Bertz CT molecular complexity index is 368. The van der Waals surface area contributed by atoms with Crippen LogP contribution in [0.3, 0.4) is 0 Å². The number of halogens is 4. The number of hydrogen-bond acceptors (Lipinski definition) is 2. The Morgan fingerprint density at radius 2 is 1.57 bits per heavy atom. The Balaban J connectivity index is 3.47. The SMILES string of the molecule is CNC(=O)c1c(F)c(F)nc(F)c1F. The zero-order valence-corrected chi connectivity index (χ0v) is 6.87. The molecule has 0 fully saturated rings. The van der Waals surface area contributed by atoms with Gasteiger partial charge in [0.2, 0.25) is 0 Å². The van der Waals surface area contributed by atoms with E-state index < -0.39 is 35.0 Å². The minimum atomic E-state index is -1.86. The van der Waals surface area contributed by atoms with Crippen molar-refractivity contribution in [1.29, 1.82) is 0 Å². The average Bonchev–Trinajstić information content (AvgIpc) is 2.15. The molecule has 1 aromatic heterocycles. The first-order valence-corrected chi connectivity index (χ1v) is 3.41. The van der Waals surface area contributed by atoms with Gasteiger partial charge in [-0.1, -0.05) is 0 Å². The van der Waals surface area contributed by atoms with Gasteiger partial charge in [0.15, 0.2) is 11.6 Å². The van der Waals surface area contributed by atoms with Gasteiger partial charge >= 0.3 is 0 Å². The lowest BCUT2D eigenvalue weighted by molar-refractivity contribution is 0.0951. The van der Waals surface area contributed by atoms with Gasteiger partial charge in [-0.15, -0.1) is 0 Å². The molecule has 0 bridgehead atoms. The lowest BCUT2D eigenvalue weighted by Gasteiger charge is -2.03. The number of aromatic nitrogens is 1. The molecule has 7 heteroatoms. The van der Waals surface area contributed by atoms with E-state index in [4.69, 9.17) is 0 Å². The molecule has 1 heterocycles. The van der Waals surface area contributed by atoms with Crippen molar-refractivity contribution in [3.63, 3.8) is 0 Å². The third-order valence-corrected chi connectivity index (χ3v) is 1.45. The quantitative estimate of drug-likeness (QED) is 0.552. The largest absolute Gasteiger partial charge is 0.355 e. The molecule has 76 valence electrons. The maximum absolute atomic E-state index is 12.8. The van der Waals surface area contributed by atoms with Crippen LogP contribution in [0.2, 0.25) is 0 Å². The van der Waals surface area contributed by atoms with E-state index in [0.29, 0.717) is 0 Å². The monoisotopic (exact) mass is 208 g/mol. The van der Waals surface area contributed by atoms with Crippen molar-refractivity contribution >= 4 is 5.91 Å². The van der Waals surface area contributed by atoms with Crippen molar-refractivity contribution in [2.75, 3.05) is 7.05 Å². The van der Waals surface area contributed by atoms with Crippen LogP contribution in [0.1, 0.15) is 10.4 Å². The average molecular weight is 208 g/mol. The molecule has 0 radical (unpaired) electrons. The van der Waals surface area contributed by atoms with Gasteiger partial charge < -0.3 is 5.32 Å². The molecule has 1 aromatic rings. The lowest BCUT2D eigenvalue weighted by Crippen LogP contribution is -2.23. The van der Waals surface area contributed by atoms with E-state index in [1.807, 2.05) is 5.32 Å². The number of amides is 1. The molecule has 0 aromatic carbocycles. The molecule has 1 rings (SSSR count). The normalized spacial score (nSPS) is 10.1. The molecule has 0 aliphatic rings. The first-order valence-electron chi connectivity index (χ1n) is 3.41. The molecule has 0 aliphatic carbocycles. The molecular weight excluding hydrogens is 204 g/mol. The van der Waals surface area contributed by atoms with Crippen molar-refractivity contribution in [1.82, 2.24) is 10.3 Å². The summed E-state index contributed by atoms with van der Waals surface area (Å²) < 4.78 is 50.4. The van der Waals surface area contributed by atoms with Crippen LogP contribution in [0.25, 0.3) is 0 Å². The molecule has 3 nitrogen and oxygen atoms in total. The van der Waals surface area contributed by atoms with Crippen LogP contribution in [0.15, 0.2) is 0 Å². The second-order valence-electron chi connectivity index (χ2n) is 2.28. The van der Waals surface area contributed by atoms with Crippen molar-refractivity contribution in [3.05, 3.63) is 29.1 Å². The third kappa shape index (κ3) is 1.52. The first kappa shape index (κ1) is 10.4. The molecule has 1 amide bonds. The number of rotatable bonds is 1. The van der Waals surface area contributed by atoms with Crippen molar-refractivity contribution in [2.24, 2.45) is 0 Å². The van der Waals surface area contributed by atoms with E-state index in [9.17, 15) is 22.4 Å². The lowest BCUT2D eigenvalue weighted by atomic mass is 10.2. The van der Waals surface area contributed by atoms with Gasteiger partial charge in [-0.05, 0) is 0 Å². The van der Waals surface area contributed by atoms with Crippen molar-refractivity contribution < 1.29 is 22.4 Å². The summed E-state index contributed by atoms with van der Waals surface area (Å²) in [5.41, 5.74) is -1.32. The molecule has 0 aliphatic heterocycles. The van der Waals surface area contributed by atoms with Crippen molar-refractivity contribution in [3.8, 4) is 0 Å². The predicted molar refractivity (Wildman–Crippen MR) is 37.5 cm³/mol. The van der Waals surface area contributed by atoms with E-state index in [1.54, 1.807) is 0 Å². The van der Waals surface area contributed by atoms with Crippen LogP contribution in [0, 0.1) is 23.5 Å². The Hall–Kier alpha value is -1.66. The minimum absolute atomic E-state index is 1.07. The van der Waals surface area contributed by atoms with Crippen LogP contribution < -0.4 is 5.32 Å². The Labute approximate surface area is 75.8 Å². The maximum Gasteiger partial charge on any atom is 0.257 e. The van der Waals surface area contributed by atoms with Gasteiger partial charge in [0.05, 0.1) is 0 Å². The van der Waals surface area contributed by atoms with Gasteiger partial charge in [-0.25, -0.2) is 8.78 Å². The second-order valence-corrected chi connectivity index (χ2v) is 2.28. The molecule has 1 N–H and O–H groups in total. The smallest absolute Gasteiger partial charge is 0.257 e. The standard InChI is InChI=1S/C7H4F4N2O/c1-12-7(14)2-3(8)5(10)13-6(11)4(2)9/h1H3,(H,12,14). The number of nitrogens with one attached hydrogen (secondary N) is 1. The summed E-state index contributed by atoms with van der Waals surface area (Å²) in [5.74, 6) is -8.61. The van der Waals surface area contributed by atoms with E-state index in [0.717, 1.165) is 7.05 Å². The van der Waals surface area contributed by atoms with Crippen LogP contribution in [-0.2, 0) is 0 Å². The number of nitrogens with zero attached hydrogens (tertiary/aromatic N) is 1. The molecular formula is C7H4F4N2O. The van der Waals surface area contributed by atoms with Gasteiger partial charge in [-0.2, -0.15) is 13.8 Å². The Kier molecular flexibility index (Phi) is 2.68. The summed E-state index contributed by atoms with van der Waals surface area (Å²) in [4.78, 5) is 13.1. The summed E-state index contributed by atoms with van der Waals surface area (Å²) in [6.07, 6.45) is 0. The van der Waals surface area contributed by atoms with E-state index in [-0.39, 0.29) is 0 Å². The fourth-order valence-electron chi connectivity index (χ4n) is 0.811. The number of carbonyl (C=O) groups is 1. The first-order chi connectivity index (χ1) is 6.49. The molecule has 0 saturated heterocycles. The van der Waals surface area contributed by atoms with Crippen LogP contribution in [0.4, 0.5) is 17.6 Å². The van der Waals surface area contributed by atoms with Crippen LogP contribution >= 0.6 is 0 Å². The Morgan fingerprint density at radius 1 is 1.14 bits per heavy atom. The van der Waals surface area contributed by atoms with E-state index >= 15 is 0 Å². The topological polar surface area (TPSA) is 42.0 Å². The highest BCUT2D eigenvalue weighted by atomic mass is 19.2. The summed E-state index contributed by atoms with van der Waals surface area (Å²) >= 11 is 0. The summed E-state index contributed by atoms with van der Waals surface area (Å²) in [6.45, 7) is 0. The van der Waals surface area contributed by atoms with E-state index in [2.05, 4.69) is 4.98 Å². The second kappa shape index (κ2) is 3.60. The number of pyridine rings is 1. The van der Waals surface area contributed by atoms with Gasteiger partial charge in [0, 0.05) is 7.05 Å². The molecule has 14 heavy (non-hydrogen) atoms. The zero-order chi connectivity index (χ0) is 10.9. The van der Waals surface area contributed by atoms with E-state index in [1.165, 1.54) is 0 Å². The fourth-order valence-corrected chi connectivity index (χ4v) is 0.811. The molecule has 0 saturated carbocycles. The zero-order valence-electron chi connectivity index (χ0n) is 6.87. The van der Waals surface area contributed by atoms with Gasteiger partial charge in [-0.3, -0.25) is 4.79 Å². The summed E-state index contributed by atoms with van der Waals surface area (Å²) in [7, 11) is 1.07. The highest BCUT2D eigenvalue weighted by molar-refractivity contribution is 5.94.